The van der Waals surface area contributed by atoms with Gasteiger partial charge in [0.2, 0.25) is 11.8 Å². The fourth-order valence-corrected chi connectivity index (χ4v) is 2.38. The third-order valence-corrected chi connectivity index (χ3v) is 3.68. The van der Waals surface area contributed by atoms with Gasteiger partial charge in [-0.2, -0.15) is 0 Å². The molecule has 2 aromatic carbocycles. The number of hydrogen-bond donors (Lipinski definition) is 2. The van der Waals surface area contributed by atoms with Crippen LogP contribution in [-0.2, 0) is 9.59 Å². The second-order valence-electron chi connectivity index (χ2n) is 5.58. The molecule has 2 N–H and O–H groups in total. The Balaban J connectivity index is 1.82. The number of nitrogens with one attached hydrogen (secondary N) is 2. The largest absolute Gasteiger partial charge is 0.349 e. The van der Waals surface area contributed by atoms with Gasteiger partial charge in [0.05, 0.1) is 12.1 Å². The maximum absolute atomic E-state index is 12.0. The van der Waals surface area contributed by atoms with E-state index in [0.717, 1.165) is 11.1 Å². The van der Waals surface area contributed by atoms with Gasteiger partial charge in [0.25, 0.3) is 0 Å². The van der Waals surface area contributed by atoms with Gasteiger partial charge in [0.1, 0.15) is 6.42 Å². The molecule has 0 saturated heterocycles. The van der Waals surface area contributed by atoms with Crippen LogP contribution in [0.15, 0.2) is 60.7 Å². The van der Waals surface area contributed by atoms with Crippen molar-refractivity contribution in [3.05, 3.63) is 71.8 Å². The van der Waals surface area contributed by atoms with E-state index in [1.165, 1.54) is 0 Å². The average Bonchev–Trinajstić information content (AvgIpc) is 2.56. The van der Waals surface area contributed by atoms with Crippen LogP contribution in [-0.4, -0.2) is 11.8 Å². The molecule has 0 unspecified atom stereocenters. The first-order chi connectivity index (χ1) is 11.1. The van der Waals surface area contributed by atoms with Crippen LogP contribution in [0.2, 0.25) is 0 Å². The number of amides is 2. The summed E-state index contributed by atoms with van der Waals surface area (Å²) in [6.45, 7) is 3.80. The van der Waals surface area contributed by atoms with Gasteiger partial charge in [-0.25, -0.2) is 0 Å². The minimum Gasteiger partial charge on any atom is -0.349 e. The summed E-state index contributed by atoms with van der Waals surface area (Å²) in [6, 6.07) is 19.1. The molecule has 23 heavy (non-hydrogen) atoms. The van der Waals surface area contributed by atoms with Gasteiger partial charge in [-0.15, -0.1) is 0 Å². The van der Waals surface area contributed by atoms with Crippen LogP contribution in [0.5, 0.6) is 0 Å². The number of carbonyl (C=O) groups excluding carboxylic acids is 2. The highest BCUT2D eigenvalue weighted by Crippen LogP contribution is 2.12. The van der Waals surface area contributed by atoms with Crippen LogP contribution in [0.3, 0.4) is 0 Å². The van der Waals surface area contributed by atoms with E-state index in [2.05, 4.69) is 10.6 Å². The minimum absolute atomic E-state index is 0.122. The molecule has 4 nitrogen and oxygen atoms in total. The van der Waals surface area contributed by atoms with Gasteiger partial charge in [-0.3, -0.25) is 9.59 Å². The molecule has 2 amide bonds. The summed E-state index contributed by atoms with van der Waals surface area (Å²) >= 11 is 0. The Morgan fingerprint density at radius 2 is 1.09 bits per heavy atom. The molecule has 0 aliphatic heterocycles. The fraction of sp³-hybridized carbons (Fsp3) is 0.263. The quantitative estimate of drug-likeness (QED) is 0.805. The van der Waals surface area contributed by atoms with Crippen LogP contribution in [0, 0.1) is 0 Å². The zero-order valence-electron chi connectivity index (χ0n) is 13.5. The normalized spacial score (nSPS) is 13.0. The second kappa shape index (κ2) is 8.13. The molecular weight excluding hydrogens is 288 g/mol. The fourth-order valence-electron chi connectivity index (χ4n) is 2.38. The van der Waals surface area contributed by atoms with Crippen molar-refractivity contribution in [1.82, 2.24) is 10.6 Å². The first-order valence-corrected chi connectivity index (χ1v) is 7.75. The van der Waals surface area contributed by atoms with Crippen LogP contribution in [0.1, 0.15) is 43.5 Å². The first kappa shape index (κ1) is 16.7. The van der Waals surface area contributed by atoms with Gasteiger partial charge in [0, 0.05) is 0 Å². The van der Waals surface area contributed by atoms with E-state index in [-0.39, 0.29) is 30.3 Å². The van der Waals surface area contributed by atoms with E-state index in [1.54, 1.807) is 0 Å². The number of hydrogen-bond acceptors (Lipinski definition) is 2. The molecule has 0 radical (unpaired) electrons. The predicted octanol–water partition coefficient (Wildman–Crippen LogP) is 3.13. The third kappa shape index (κ3) is 5.25. The van der Waals surface area contributed by atoms with Crippen molar-refractivity contribution in [2.24, 2.45) is 0 Å². The molecule has 0 spiro atoms. The van der Waals surface area contributed by atoms with E-state index in [1.807, 2.05) is 74.5 Å². The highest BCUT2D eigenvalue weighted by atomic mass is 16.2. The Kier molecular flexibility index (Phi) is 5.92. The second-order valence-corrected chi connectivity index (χ2v) is 5.58. The average molecular weight is 310 g/mol. The lowest BCUT2D eigenvalue weighted by Gasteiger charge is -2.16. The maximum atomic E-state index is 12.0. The van der Waals surface area contributed by atoms with Gasteiger partial charge in [0.15, 0.2) is 0 Å². The molecule has 0 bridgehead atoms. The summed E-state index contributed by atoms with van der Waals surface area (Å²) in [5.74, 6) is -0.557. The maximum Gasteiger partial charge on any atom is 0.229 e. The summed E-state index contributed by atoms with van der Waals surface area (Å²) < 4.78 is 0. The topological polar surface area (TPSA) is 58.2 Å². The van der Waals surface area contributed by atoms with Crippen LogP contribution < -0.4 is 10.6 Å². The lowest BCUT2D eigenvalue weighted by Crippen LogP contribution is -2.34. The molecule has 0 heterocycles. The van der Waals surface area contributed by atoms with Gasteiger partial charge < -0.3 is 10.6 Å². The van der Waals surface area contributed by atoms with Crippen molar-refractivity contribution in [2.45, 2.75) is 32.4 Å². The molecule has 0 aromatic heterocycles. The van der Waals surface area contributed by atoms with E-state index in [0.29, 0.717) is 0 Å². The number of rotatable bonds is 6. The Labute approximate surface area is 136 Å². The molecule has 0 aliphatic carbocycles. The molecule has 0 aliphatic rings. The minimum atomic E-state index is -0.279. The standard InChI is InChI=1S/C19H22N2O2/c1-14(16-9-5-3-6-10-16)20-18(22)13-19(23)21-15(2)17-11-7-4-8-12-17/h3-12,14-15H,13H2,1-2H3,(H,20,22)(H,21,23)/t14-,15-/m0/s1. The van der Waals surface area contributed by atoms with Crippen LogP contribution in [0.25, 0.3) is 0 Å². The summed E-state index contributed by atoms with van der Waals surface area (Å²) in [5, 5.41) is 5.68. The Hall–Kier alpha value is -2.62. The first-order valence-electron chi connectivity index (χ1n) is 7.75. The van der Waals surface area contributed by atoms with Crippen LogP contribution >= 0.6 is 0 Å². The zero-order chi connectivity index (χ0) is 16.7. The molecular formula is C19H22N2O2. The summed E-state index contributed by atoms with van der Waals surface area (Å²) in [7, 11) is 0. The molecule has 0 saturated carbocycles. The smallest absolute Gasteiger partial charge is 0.229 e. The summed E-state index contributed by atoms with van der Waals surface area (Å²) in [6.07, 6.45) is -0.172. The van der Waals surface area contributed by atoms with Crippen molar-refractivity contribution in [3.63, 3.8) is 0 Å². The molecule has 4 heteroatoms. The molecule has 120 valence electrons. The Bertz CT molecular complexity index is 583. The molecule has 2 rings (SSSR count). The monoisotopic (exact) mass is 310 g/mol. The third-order valence-electron chi connectivity index (χ3n) is 3.68. The highest BCUT2D eigenvalue weighted by molar-refractivity contribution is 5.97. The van der Waals surface area contributed by atoms with Crippen LogP contribution in [0.4, 0.5) is 0 Å². The zero-order valence-corrected chi connectivity index (χ0v) is 13.5. The van der Waals surface area contributed by atoms with E-state index < -0.39 is 0 Å². The van der Waals surface area contributed by atoms with E-state index in [9.17, 15) is 9.59 Å². The van der Waals surface area contributed by atoms with E-state index in [4.69, 9.17) is 0 Å². The highest BCUT2D eigenvalue weighted by Gasteiger charge is 2.15. The van der Waals surface area contributed by atoms with Gasteiger partial charge >= 0.3 is 0 Å². The molecule has 0 fully saturated rings. The lowest BCUT2D eigenvalue weighted by molar-refractivity contribution is -0.129. The SMILES string of the molecule is C[C@H](NC(=O)CC(=O)N[C@@H](C)c1ccccc1)c1ccccc1. The van der Waals surface area contributed by atoms with Crippen molar-refractivity contribution < 1.29 is 9.59 Å². The molecule has 2 aromatic rings. The summed E-state index contributed by atoms with van der Waals surface area (Å²) in [5.41, 5.74) is 2.03. The number of benzene rings is 2. The lowest BCUT2D eigenvalue weighted by atomic mass is 10.1. The van der Waals surface area contributed by atoms with Gasteiger partial charge in [-0.05, 0) is 25.0 Å². The number of carbonyl (C=O) groups is 2. The Morgan fingerprint density at radius 3 is 1.43 bits per heavy atom. The van der Waals surface area contributed by atoms with Crippen molar-refractivity contribution in [3.8, 4) is 0 Å². The summed E-state index contributed by atoms with van der Waals surface area (Å²) in [4.78, 5) is 24.0. The van der Waals surface area contributed by atoms with Crippen molar-refractivity contribution in [2.75, 3.05) is 0 Å². The molecule has 2 atom stereocenters. The van der Waals surface area contributed by atoms with E-state index >= 15 is 0 Å². The Morgan fingerprint density at radius 1 is 0.739 bits per heavy atom. The van der Waals surface area contributed by atoms with Gasteiger partial charge in [-0.1, -0.05) is 60.7 Å². The predicted molar refractivity (Wildman–Crippen MR) is 90.6 cm³/mol. The van der Waals surface area contributed by atoms with Crippen molar-refractivity contribution in [1.29, 1.82) is 0 Å². The van der Waals surface area contributed by atoms with Crippen molar-refractivity contribution >= 4 is 11.8 Å².